The first kappa shape index (κ1) is 12.1. The van der Waals surface area contributed by atoms with Gasteiger partial charge in [0.2, 0.25) is 0 Å². The summed E-state index contributed by atoms with van der Waals surface area (Å²) in [6, 6.07) is 0. The van der Waals surface area contributed by atoms with Gasteiger partial charge >= 0.3 is 8.80 Å². The average Bonchev–Trinajstić information content (AvgIpc) is 3.12. The highest BCUT2D eigenvalue weighted by atomic mass is 28.4. The molecule has 4 nitrogen and oxygen atoms in total. The minimum Gasteiger partial charge on any atom is -0.377 e. The van der Waals surface area contributed by atoms with E-state index in [9.17, 15) is 0 Å². The molecule has 0 aromatic heterocycles. The van der Waals surface area contributed by atoms with Gasteiger partial charge in [-0.3, -0.25) is 0 Å². The molecule has 2 saturated carbocycles. The van der Waals surface area contributed by atoms with Crippen molar-refractivity contribution >= 4 is 8.80 Å². The van der Waals surface area contributed by atoms with Gasteiger partial charge in [-0.15, -0.1) is 0 Å². The number of hydrogen-bond acceptors (Lipinski definition) is 4. The van der Waals surface area contributed by atoms with E-state index >= 15 is 0 Å². The van der Waals surface area contributed by atoms with E-state index in [4.69, 9.17) is 18.0 Å². The molecule has 0 radical (unpaired) electrons. The standard InChI is InChI=1S/C12H22O4Si/c1-13-17(14-2,15-3)11-5-7-12(11)6-4-9-10(8-12)16-9/h9-11H,4-8H2,1-3H3. The van der Waals surface area contributed by atoms with E-state index in [0.29, 0.717) is 23.2 Å². The Morgan fingerprint density at radius 1 is 1.00 bits per heavy atom. The fourth-order valence-corrected chi connectivity index (χ4v) is 7.02. The van der Waals surface area contributed by atoms with Crippen LogP contribution in [0.3, 0.4) is 0 Å². The second kappa shape index (κ2) is 4.03. The van der Waals surface area contributed by atoms with Gasteiger partial charge in [0.05, 0.1) is 12.2 Å². The Balaban J connectivity index is 1.78. The van der Waals surface area contributed by atoms with Crippen molar-refractivity contribution in [3.8, 4) is 0 Å². The Hall–Kier alpha value is 0.0569. The van der Waals surface area contributed by atoms with Gasteiger partial charge in [-0.25, -0.2) is 0 Å². The molecule has 3 rings (SSSR count). The Labute approximate surface area is 104 Å². The van der Waals surface area contributed by atoms with Crippen LogP contribution in [0.25, 0.3) is 0 Å². The molecule has 1 saturated heterocycles. The van der Waals surface area contributed by atoms with Gasteiger partial charge < -0.3 is 18.0 Å². The number of epoxide rings is 1. The van der Waals surface area contributed by atoms with Crippen molar-refractivity contribution in [3.05, 3.63) is 0 Å². The monoisotopic (exact) mass is 258 g/mol. The topological polar surface area (TPSA) is 40.2 Å². The Kier molecular flexibility index (Phi) is 2.87. The zero-order valence-electron chi connectivity index (χ0n) is 10.9. The van der Waals surface area contributed by atoms with Crippen LogP contribution in [0.4, 0.5) is 0 Å². The van der Waals surface area contributed by atoms with E-state index in [0.717, 1.165) is 0 Å². The van der Waals surface area contributed by atoms with Gasteiger partial charge in [0.25, 0.3) is 0 Å². The zero-order chi connectivity index (χ0) is 12.1. The number of ether oxygens (including phenoxy) is 1. The Morgan fingerprint density at radius 2 is 1.65 bits per heavy atom. The Morgan fingerprint density at radius 3 is 2.12 bits per heavy atom. The predicted octanol–water partition coefficient (Wildman–Crippen LogP) is 1.97. The van der Waals surface area contributed by atoms with Gasteiger partial charge in [0, 0.05) is 26.9 Å². The maximum absolute atomic E-state index is 5.67. The van der Waals surface area contributed by atoms with Crippen LogP contribution in [0.5, 0.6) is 0 Å². The van der Waals surface area contributed by atoms with Crippen LogP contribution in [0.15, 0.2) is 0 Å². The SMILES string of the molecule is CO[Si](OC)(OC)C1CCC12CCC1OC1C2. The third kappa shape index (κ3) is 1.63. The normalized spacial score (nSPS) is 44.3. The molecular weight excluding hydrogens is 236 g/mol. The molecule has 1 spiro atoms. The largest absolute Gasteiger partial charge is 0.503 e. The van der Waals surface area contributed by atoms with E-state index in [2.05, 4.69) is 0 Å². The summed E-state index contributed by atoms with van der Waals surface area (Å²) >= 11 is 0. The van der Waals surface area contributed by atoms with E-state index in [-0.39, 0.29) is 0 Å². The van der Waals surface area contributed by atoms with E-state index in [1.54, 1.807) is 21.3 Å². The summed E-state index contributed by atoms with van der Waals surface area (Å²) in [6.07, 6.45) is 7.20. The van der Waals surface area contributed by atoms with Crippen LogP contribution in [-0.2, 0) is 18.0 Å². The number of hydrogen-bond donors (Lipinski definition) is 0. The molecular formula is C12H22O4Si. The molecule has 0 aromatic rings. The molecule has 5 heteroatoms. The summed E-state index contributed by atoms with van der Waals surface area (Å²) < 4.78 is 22.7. The van der Waals surface area contributed by atoms with Crippen LogP contribution < -0.4 is 0 Å². The lowest BCUT2D eigenvalue weighted by molar-refractivity contribution is 0.0113. The van der Waals surface area contributed by atoms with Gasteiger partial charge in [-0.2, -0.15) is 0 Å². The lowest BCUT2D eigenvalue weighted by Crippen LogP contribution is -2.58. The van der Waals surface area contributed by atoms with Crippen molar-refractivity contribution in [1.82, 2.24) is 0 Å². The molecule has 3 fully saturated rings. The molecule has 17 heavy (non-hydrogen) atoms. The molecule has 2 aliphatic carbocycles. The fourth-order valence-electron chi connectivity index (χ4n) is 4.01. The van der Waals surface area contributed by atoms with Crippen LogP contribution in [0.1, 0.15) is 32.1 Å². The van der Waals surface area contributed by atoms with Crippen molar-refractivity contribution in [1.29, 1.82) is 0 Å². The Bertz CT molecular complexity index is 299. The smallest absolute Gasteiger partial charge is 0.377 e. The van der Waals surface area contributed by atoms with Crippen LogP contribution in [0, 0.1) is 5.41 Å². The van der Waals surface area contributed by atoms with Crippen LogP contribution in [-0.4, -0.2) is 42.3 Å². The lowest BCUT2D eigenvalue weighted by Gasteiger charge is -2.55. The summed E-state index contributed by atoms with van der Waals surface area (Å²) in [5.41, 5.74) is 0.853. The second-order valence-electron chi connectivity index (χ2n) is 5.63. The minimum absolute atomic E-state index is 0.381. The van der Waals surface area contributed by atoms with Crippen molar-refractivity contribution in [2.24, 2.45) is 5.41 Å². The molecule has 1 heterocycles. The molecule has 0 bridgehead atoms. The summed E-state index contributed by atoms with van der Waals surface area (Å²) in [5.74, 6) is 0. The first-order valence-electron chi connectivity index (χ1n) is 6.50. The summed E-state index contributed by atoms with van der Waals surface area (Å²) in [4.78, 5) is 0. The van der Waals surface area contributed by atoms with Crippen molar-refractivity contribution in [3.63, 3.8) is 0 Å². The first-order chi connectivity index (χ1) is 8.19. The third-order valence-corrected chi connectivity index (χ3v) is 8.63. The van der Waals surface area contributed by atoms with Crippen molar-refractivity contribution in [2.45, 2.75) is 49.9 Å². The maximum atomic E-state index is 5.67. The van der Waals surface area contributed by atoms with E-state index in [1.165, 1.54) is 32.1 Å². The maximum Gasteiger partial charge on any atom is 0.503 e. The second-order valence-corrected chi connectivity index (χ2v) is 8.75. The summed E-state index contributed by atoms with van der Waals surface area (Å²) in [5, 5.41) is 0. The van der Waals surface area contributed by atoms with Crippen LogP contribution >= 0.6 is 0 Å². The minimum atomic E-state index is -2.46. The quantitative estimate of drug-likeness (QED) is 0.571. The first-order valence-corrected chi connectivity index (χ1v) is 8.31. The molecule has 0 aromatic carbocycles. The highest BCUT2D eigenvalue weighted by Crippen LogP contribution is 2.65. The molecule has 4 unspecified atom stereocenters. The van der Waals surface area contributed by atoms with E-state index in [1.807, 2.05) is 0 Å². The predicted molar refractivity (Wildman–Crippen MR) is 64.7 cm³/mol. The lowest BCUT2D eigenvalue weighted by atomic mass is 9.60. The fraction of sp³-hybridized carbons (Fsp3) is 1.00. The van der Waals surface area contributed by atoms with Gasteiger partial charge in [-0.05, 0) is 37.5 Å². The zero-order valence-corrected chi connectivity index (χ0v) is 11.9. The van der Waals surface area contributed by atoms with Crippen LogP contribution in [0.2, 0.25) is 5.54 Å². The van der Waals surface area contributed by atoms with Crippen molar-refractivity contribution in [2.75, 3.05) is 21.3 Å². The molecule has 0 amide bonds. The molecule has 0 N–H and O–H groups in total. The average molecular weight is 258 g/mol. The van der Waals surface area contributed by atoms with Gasteiger partial charge in [0.15, 0.2) is 0 Å². The number of fused-ring (bicyclic) bond motifs is 1. The molecule has 98 valence electrons. The third-order valence-electron chi connectivity index (χ3n) is 5.17. The molecule has 4 atom stereocenters. The van der Waals surface area contributed by atoms with Crippen molar-refractivity contribution < 1.29 is 18.0 Å². The highest BCUT2D eigenvalue weighted by molar-refractivity contribution is 6.62. The van der Waals surface area contributed by atoms with E-state index < -0.39 is 8.80 Å². The highest BCUT2D eigenvalue weighted by Gasteiger charge is 2.66. The summed E-state index contributed by atoms with van der Waals surface area (Å²) in [6.45, 7) is 0. The summed E-state index contributed by atoms with van der Waals surface area (Å²) in [7, 11) is 2.72. The van der Waals surface area contributed by atoms with Gasteiger partial charge in [-0.1, -0.05) is 0 Å². The van der Waals surface area contributed by atoms with Gasteiger partial charge in [0.1, 0.15) is 0 Å². The molecule has 1 aliphatic heterocycles. The molecule has 3 aliphatic rings. The number of rotatable bonds is 4.